The van der Waals surface area contributed by atoms with Gasteiger partial charge in [0.1, 0.15) is 18.1 Å². The molecule has 2 aliphatic rings. The first-order valence-electron chi connectivity index (χ1n) is 16.5. The lowest BCUT2D eigenvalue weighted by atomic mass is 9.68. The maximum absolute atomic E-state index is 14.0. The number of unbranched alkanes of at least 4 members (excludes halogenated alkanes) is 2. The van der Waals surface area contributed by atoms with Crippen LogP contribution in [0.1, 0.15) is 69.4 Å². The van der Waals surface area contributed by atoms with Crippen molar-refractivity contribution in [3.63, 3.8) is 0 Å². The van der Waals surface area contributed by atoms with Crippen molar-refractivity contribution in [2.24, 2.45) is 5.41 Å². The highest BCUT2D eigenvalue weighted by Gasteiger charge is 2.49. The van der Waals surface area contributed by atoms with Crippen molar-refractivity contribution < 1.29 is 32.2 Å². The molecule has 0 spiro atoms. The third kappa shape index (κ3) is 8.55. The van der Waals surface area contributed by atoms with Gasteiger partial charge in [-0.15, -0.1) is 0 Å². The number of methoxy groups -OCH3 is 1. The van der Waals surface area contributed by atoms with E-state index in [0.29, 0.717) is 44.0 Å². The van der Waals surface area contributed by atoms with Gasteiger partial charge in [-0.05, 0) is 48.2 Å². The smallest absolute Gasteiger partial charge is 0.179 e. The summed E-state index contributed by atoms with van der Waals surface area (Å²) in [5, 5.41) is 12.2. The molecular weight excluding hydrogens is 576 g/mol. The number of sulfone groups is 1. The number of piperazine rings is 1. The largest absolute Gasteiger partial charge is 0.497 e. The predicted octanol–water partition coefficient (Wildman–Crippen LogP) is 5.13. The topological polar surface area (TPSA) is 85.3 Å². The second kappa shape index (κ2) is 15.4. The fraction of sp³-hybridized carbons (Fsp3) is 0.657. The highest BCUT2D eigenvalue weighted by Crippen LogP contribution is 2.50. The van der Waals surface area contributed by atoms with Crippen LogP contribution in [0.15, 0.2) is 47.4 Å². The average molecular weight is 632 g/mol. The van der Waals surface area contributed by atoms with E-state index in [9.17, 15) is 13.5 Å². The van der Waals surface area contributed by atoms with Gasteiger partial charge >= 0.3 is 0 Å². The number of aliphatic hydroxyl groups excluding tert-OH is 1. The number of likely N-dealkylation sites (N-methyl/N-ethyl adjacent to an activating group) is 1. The van der Waals surface area contributed by atoms with Gasteiger partial charge in [0.2, 0.25) is 0 Å². The fourth-order valence-electron chi connectivity index (χ4n) is 6.77. The first-order chi connectivity index (χ1) is 21.0. The number of benzene rings is 2. The molecule has 0 amide bonds. The molecule has 1 fully saturated rings. The Kier molecular flexibility index (Phi) is 12.2. The minimum absolute atomic E-state index is 0.0615. The molecule has 9 heteroatoms. The van der Waals surface area contributed by atoms with Crippen LogP contribution in [-0.2, 0) is 14.6 Å². The summed E-state index contributed by atoms with van der Waals surface area (Å²) in [5.74, 6) is 0.676. The molecule has 2 heterocycles. The monoisotopic (exact) mass is 631 g/mol. The highest BCUT2D eigenvalue weighted by molar-refractivity contribution is 7.91. The normalized spacial score (nSPS) is 22.6. The van der Waals surface area contributed by atoms with Crippen LogP contribution in [0.4, 0.5) is 0 Å². The molecule has 246 valence electrons. The van der Waals surface area contributed by atoms with E-state index < -0.39 is 27.3 Å². The SMILES string of the molecule is CCCCC1(CCCC)CS(=O)(=O)c2cc(OC)ccc2[C@@H](c2ccc(OCCOCCN3CC[N+](C)(C)CC3)cc2)C1O. The first-order valence-corrected chi connectivity index (χ1v) is 18.1. The molecule has 1 N–H and O–H groups in total. The second-order valence-corrected chi connectivity index (χ2v) is 15.4. The zero-order valence-corrected chi connectivity index (χ0v) is 28.4. The van der Waals surface area contributed by atoms with Gasteiger partial charge in [0.25, 0.3) is 0 Å². The highest BCUT2D eigenvalue weighted by atomic mass is 32.2. The van der Waals surface area contributed by atoms with E-state index in [-0.39, 0.29) is 10.6 Å². The summed E-state index contributed by atoms with van der Waals surface area (Å²) in [6.07, 6.45) is 4.11. The van der Waals surface area contributed by atoms with Crippen molar-refractivity contribution in [2.75, 3.05) is 79.5 Å². The molecule has 2 aromatic carbocycles. The summed E-state index contributed by atoms with van der Waals surface area (Å²) >= 11 is 0. The van der Waals surface area contributed by atoms with Crippen LogP contribution in [0.2, 0.25) is 0 Å². The van der Waals surface area contributed by atoms with Crippen LogP contribution in [0.25, 0.3) is 0 Å². The van der Waals surface area contributed by atoms with Crippen LogP contribution in [-0.4, -0.2) is 109 Å². The van der Waals surface area contributed by atoms with E-state index in [2.05, 4.69) is 32.8 Å². The molecule has 2 atom stereocenters. The number of hydrogen-bond donors (Lipinski definition) is 1. The molecule has 1 unspecified atom stereocenters. The summed E-state index contributed by atoms with van der Waals surface area (Å²) in [5.41, 5.74) is 0.773. The second-order valence-electron chi connectivity index (χ2n) is 13.4. The zero-order chi connectivity index (χ0) is 31.8. The number of quaternary nitrogens is 1. The molecule has 0 saturated carbocycles. The van der Waals surface area contributed by atoms with E-state index in [0.717, 1.165) is 61.1 Å². The lowest BCUT2D eigenvalue weighted by Gasteiger charge is -2.40. The summed E-state index contributed by atoms with van der Waals surface area (Å²) in [6.45, 7) is 11.4. The van der Waals surface area contributed by atoms with Gasteiger partial charge in [-0.1, -0.05) is 57.7 Å². The van der Waals surface area contributed by atoms with Crippen molar-refractivity contribution in [2.45, 2.75) is 69.3 Å². The van der Waals surface area contributed by atoms with Gasteiger partial charge in [0.05, 0.1) is 64.3 Å². The van der Waals surface area contributed by atoms with E-state index in [1.807, 2.05) is 30.3 Å². The molecule has 0 aromatic heterocycles. The first kappa shape index (κ1) is 34.7. The number of rotatable bonds is 15. The Bertz CT molecular complexity index is 1280. The Morgan fingerprint density at radius 1 is 0.932 bits per heavy atom. The summed E-state index contributed by atoms with van der Waals surface area (Å²) in [6, 6.07) is 13.0. The average Bonchev–Trinajstić information content (AvgIpc) is 3.08. The van der Waals surface area contributed by atoms with Crippen molar-refractivity contribution in [3.8, 4) is 11.5 Å². The standard InChI is InChI=1S/C35H55N2O6S/c1-6-8-16-35(17-9-7-2)27-44(39,40)32-26-30(41-5)14-15-31(32)33(34(35)38)28-10-12-29(13-11-28)43-25-24-42-23-20-36-18-21-37(3,4)22-19-36/h10-15,26,33-34,38H,6-9,16-25,27H2,1-5H3/q+1/t33-,34?/m1/s1. The van der Waals surface area contributed by atoms with Crippen molar-refractivity contribution >= 4 is 9.84 Å². The van der Waals surface area contributed by atoms with Gasteiger partial charge in [-0.25, -0.2) is 8.42 Å². The molecule has 2 aliphatic heterocycles. The van der Waals surface area contributed by atoms with Crippen molar-refractivity contribution in [1.82, 2.24) is 4.90 Å². The van der Waals surface area contributed by atoms with Crippen molar-refractivity contribution in [1.29, 1.82) is 0 Å². The molecule has 8 nitrogen and oxygen atoms in total. The van der Waals surface area contributed by atoms with E-state index in [1.165, 1.54) is 13.1 Å². The van der Waals surface area contributed by atoms with Crippen LogP contribution in [0, 0.1) is 5.41 Å². The van der Waals surface area contributed by atoms with Gasteiger partial charge in [0.15, 0.2) is 9.84 Å². The third-order valence-electron chi connectivity index (χ3n) is 9.70. The van der Waals surface area contributed by atoms with Crippen LogP contribution in [0.5, 0.6) is 11.5 Å². The van der Waals surface area contributed by atoms with Crippen LogP contribution in [0.3, 0.4) is 0 Å². The van der Waals surface area contributed by atoms with Gasteiger partial charge < -0.3 is 23.8 Å². The lowest BCUT2D eigenvalue weighted by Crippen LogP contribution is -2.55. The molecule has 0 aliphatic carbocycles. The molecule has 0 bridgehead atoms. The van der Waals surface area contributed by atoms with E-state index in [4.69, 9.17) is 14.2 Å². The Labute approximate surface area is 265 Å². The zero-order valence-electron chi connectivity index (χ0n) is 27.6. The molecule has 44 heavy (non-hydrogen) atoms. The lowest BCUT2D eigenvalue weighted by molar-refractivity contribution is -0.894. The maximum Gasteiger partial charge on any atom is 0.179 e. The van der Waals surface area contributed by atoms with E-state index >= 15 is 0 Å². The number of aliphatic hydroxyl groups is 1. The molecule has 4 rings (SSSR count). The number of ether oxygens (including phenoxy) is 3. The summed E-state index contributed by atoms with van der Waals surface area (Å²) in [7, 11) is 2.43. The van der Waals surface area contributed by atoms with Crippen LogP contribution < -0.4 is 9.47 Å². The van der Waals surface area contributed by atoms with E-state index in [1.54, 1.807) is 19.2 Å². The molecule has 2 aromatic rings. The maximum atomic E-state index is 14.0. The molecule has 0 radical (unpaired) electrons. The third-order valence-corrected chi connectivity index (χ3v) is 11.7. The van der Waals surface area contributed by atoms with Gasteiger partial charge in [-0.2, -0.15) is 0 Å². The fourth-order valence-corrected chi connectivity index (χ4v) is 9.00. The number of hydrogen-bond acceptors (Lipinski definition) is 7. The Balaban J connectivity index is 1.48. The minimum atomic E-state index is -3.68. The summed E-state index contributed by atoms with van der Waals surface area (Å²) in [4.78, 5) is 2.73. The van der Waals surface area contributed by atoms with Gasteiger partial charge in [0, 0.05) is 31.0 Å². The Morgan fingerprint density at radius 3 is 2.18 bits per heavy atom. The Morgan fingerprint density at radius 2 is 1.57 bits per heavy atom. The Hall–Kier alpha value is -2.17. The number of nitrogens with zero attached hydrogens (tertiary/aromatic N) is 2. The predicted molar refractivity (Wildman–Crippen MR) is 175 cm³/mol. The van der Waals surface area contributed by atoms with Crippen LogP contribution >= 0.6 is 0 Å². The number of fused-ring (bicyclic) bond motifs is 1. The minimum Gasteiger partial charge on any atom is -0.497 e. The molecular formula is C35H55N2O6S+. The molecule has 1 saturated heterocycles. The van der Waals surface area contributed by atoms with Crippen molar-refractivity contribution in [3.05, 3.63) is 53.6 Å². The van der Waals surface area contributed by atoms with Gasteiger partial charge in [-0.3, -0.25) is 4.90 Å². The summed E-state index contributed by atoms with van der Waals surface area (Å²) < 4.78 is 46.3. The quantitative estimate of drug-likeness (QED) is 0.216.